The molecular weight excluding hydrogens is 1510 g/mol. The Morgan fingerprint density at radius 1 is 0.143 bits per heavy atom. The Kier molecular flexibility index (Phi) is 32.3. The van der Waals surface area contributed by atoms with Crippen LogP contribution in [0.15, 0.2) is 188 Å². The molecule has 0 aromatic heterocycles. The fourth-order valence-corrected chi connectivity index (χ4v) is 25.8. The van der Waals surface area contributed by atoms with E-state index < -0.39 is 0 Å². The molecule has 0 saturated carbocycles. The van der Waals surface area contributed by atoms with Gasteiger partial charge in [-0.2, -0.15) is 0 Å². The first-order valence-electron chi connectivity index (χ1n) is 53.3. The van der Waals surface area contributed by atoms with Crippen LogP contribution in [0.1, 0.15) is 451 Å². The highest BCUT2D eigenvalue weighted by Gasteiger charge is 2.49. The first-order chi connectivity index (χ1) is 61.9. The quantitative estimate of drug-likeness (QED) is 0.0333. The Balaban J connectivity index is 0.823. The van der Waals surface area contributed by atoms with Crippen molar-refractivity contribution in [2.24, 2.45) is 0 Å². The fraction of sp³-hybridized carbons (Fsp3) is 0.524. The normalized spacial score (nSPS) is 14.9. The van der Waals surface area contributed by atoms with Crippen molar-refractivity contribution in [2.75, 3.05) is 0 Å². The van der Waals surface area contributed by atoms with E-state index >= 15 is 0 Å². The van der Waals surface area contributed by atoms with Gasteiger partial charge in [-0.15, -0.1) is 0 Å². The molecule has 0 saturated heterocycles. The van der Waals surface area contributed by atoms with Crippen LogP contribution in [-0.4, -0.2) is 0 Å². The maximum absolute atomic E-state index is 2.79. The Hall–Kier alpha value is -7.80. The molecule has 0 N–H and O–H groups in total. The summed E-state index contributed by atoms with van der Waals surface area (Å²) < 4.78 is 0. The summed E-state index contributed by atoms with van der Waals surface area (Å²) in [7, 11) is 0. The summed E-state index contributed by atoms with van der Waals surface area (Å²) in [6.07, 6.45) is 63.5. The average Bonchev–Trinajstić information content (AvgIpc) is 1.55. The minimum atomic E-state index is -0.0945. The van der Waals surface area contributed by atoms with Crippen molar-refractivity contribution in [3.05, 3.63) is 249 Å². The van der Waals surface area contributed by atoms with E-state index in [1.807, 2.05) is 0 Å². The summed E-state index contributed by atoms with van der Waals surface area (Å²) in [5, 5.41) is 0. The van der Waals surface area contributed by atoms with Crippen LogP contribution in [0.25, 0.3) is 100 Å². The lowest BCUT2D eigenvalue weighted by molar-refractivity contribution is 0.400. The van der Waals surface area contributed by atoms with Crippen LogP contribution in [0.2, 0.25) is 0 Å². The minimum absolute atomic E-state index is 0.0417. The van der Waals surface area contributed by atoms with Crippen molar-refractivity contribution in [3.8, 4) is 100 Å². The summed E-state index contributed by atoms with van der Waals surface area (Å²) in [6.45, 7) is 26.2. The second-order valence-electron chi connectivity index (χ2n) is 41.2. The van der Waals surface area contributed by atoms with E-state index in [0.717, 1.165) is 0 Å². The number of unbranched alkanes of at least 4 members (excludes halogenated alkanes) is 30. The molecule has 10 aromatic carbocycles. The molecule has 5 aliphatic rings. The van der Waals surface area contributed by atoms with Gasteiger partial charge in [0.25, 0.3) is 0 Å². The van der Waals surface area contributed by atoms with Gasteiger partial charge in [-0.25, -0.2) is 0 Å². The standard InChI is InChI=1S/C126H164/c1-12-22-32-44-74-122(75-45-33-23-13-2)112-55-43-42-54-102(112)104-66-57-94(85-114(104)122)96-59-68-106-108-70-61-98(89-118(108)124(116(106)87-96,78-48-36-26-16-5)79-49-37-27-17-6)100-63-72-110-111-73-64-101(92-121(111)126(120(110)91-100,82-52-40-30-20-9)83-53-41-31-21-10)99-62-71-109-107-69-60-97(88-117(107)125(119(109)90-99,80-50-38-28-18-7)81-51-39-29-19-8)95-58-67-105-103-65-56-93(11)84-113(103)123(115(105)86-95,76-46-34-24-14-3)77-47-35-25-15-4/h42-43,54-73,84-92H,12-41,44-53,74-83H2,1-11H3. The molecule has 0 unspecified atom stereocenters. The highest BCUT2D eigenvalue weighted by atomic mass is 14.5. The van der Waals surface area contributed by atoms with Gasteiger partial charge in [-0.3, -0.25) is 0 Å². The highest BCUT2D eigenvalue weighted by Crippen LogP contribution is 2.63. The zero-order valence-electron chi connectivity index (χ0n) is 81.3. The van der Waals surface area contributed by atoms with Crippen molar-refractivity contribution in [2.45, 2.75) is 424 Å². The van der Waals surface area contributed by atoms with E-state index in [-0.39, 0.29) is 27.1 Å². The summed E-state index contributed by atoms with van der Waals surface area (Å²) >= 11 is 0. The van der Waals surface area contributed by atoms with Gasteiger partial charge in [0.05, 0.1) is 0 Å². The van der Waals surface area contributed by atoms with Gasteiger partial charge >= 0.3 is 0 Å². The maximum Gasteiger partial charge on any atom is 0.0215 e. The molecule has 0 spiro atoms. The number of fused-ring (bicyclic) bond motifs is 15. The molecule has 15 rings (SSSR count). The molecule has 0 heteroatoms. The van der Waals surface area contributed by atoms with Crippen LogP contribution in [0.5, 0.6) is 0 Å². The Morgan fingerprint density at radius 3 is 0.476 bits per heavy atom. The highest BCUT2D eigenvalue weighted by molar-refractivity contribution is 5.93. The number of aryl methyl sites for hydroxylation is 1. The van der Waals surface area contributed by atoms with Crippen LogP contribution < -0.4 is 0 Å². The summed E-state index contributed by atoms with van der Waals surface area (Å²) in [6, 6.07) is 80.4. The smallest absolute Gasteiger partial charge is 0.0215 e. The molecule has 10 aromatic rings. The first kappa shape index (κ1) is 92.9. The van der Waals surface area contributed by atoms with Crippen molar-refractivity contribution in [3.63, 3.8) is 0 Å². The van der Waals surface area contributed by atoms with E-state index in [0.29, 0.717) is 0 Å². The van der Waals surface area contributed by atoms with Gasteiger partial charge in [-0.1, -0.05) is 471 Å². The van der Waals surface area contributed by atoms with Crippen LogP contribution >= 0.6 is 0 Å². The monoisotopic (exact) mass is 1680 g/mol. The number of hydrogen-bond donors (Lipinski definition) is 0. The maximum atomic E-state index is 2.79. The molecule has 0 aliphatic heterocycles. The molecule has 0 fully saturated rings. The van der Waals surface area contributed by atoms with Crippen LogP contribution in [-0.2, 0) is 27.1 Å². The molecule has 0 amide bonds. The van der Waals surface area contributed by atoms with Gasteiger partial charge in [-0.05, 0) is 275 Å². The van der Waals surface area contributed by atoms with Crippen molar-refractivity contribution >= 4 is 0 Å². The van der Waals surface area contributed by atoms with Crippen LogP contribution in [0, 0.1) is 6.92 Å². The SMILES string of the molecule is CCCCCCC1(CCCCCC)c2ccccc2-c2ccc(-c3ccc4c(c3)C(CCCCCC)(CCCCCC)c3cc(-c5ccc6c(c5)C(CCCCCC)(CCCCCC)c5cc(-c7ccc8c(c7)C(CCCCCC)(CCCCCC)c7cc(-c9ccc%10c(c9)C(CCCCCC)(CCCCCC)c9cc(C)ccc9-%10)ccc7-8)ccc5-6)ccc3-4)cc21. The average molecular weight is 1680 g/mol. The van der Waals surface area contributed by atoms with E-state index in [4.69, 9.17) is 0 Å². The molecular formula is C126H164. The minimum Gasteiger partial charge on any atom is -0.0654 e. The van der Waals surface area contributed by atoms with Crippen LogP contribution in [0.3, 0.4) is 0 Å². The van der Waals surface area contributed by atoms with E-state index in [1.54, 1.807) is 55.6 Å². The molecule has 5 aliphatic carbocycles. The number of benzene rings is 10. The Bertz CT molecular complexity index is 5150. The second-order valence-corrected chi connectivity index (χ2v) is 41.2. The fourth-order valence-electron chi connectivity index (χ4n) is 25.8. The Labute approximate surface area is 768 Å². The third-order valence-corrected chi connectivity index (χ3v) is 32.8. The third kappa shape index (κ3) is 18.8. The zero-order valence-corrected chi connectivity index (χ0v) is 81.3. The molecule has 0 radical (unpaired) electrons. The lowest BCUT2D eigenvalue weighted by Gasteiger charge is -2.34. The second kappa shape index (κ2) is 43.7. The van der Waals surface area contributed by atoms with Crippen molar-refractivity contribution in [1.29, 1.82) is 0 Å². The molecule has 668 valence electrons. The Morgan fingerprint density at radius 2 is 0.294 bits per heavy atom. The lowest BCUT2D eigenvalue weighted by atomic mass is 9.69. The molecule has 0 atom stereocenters. The van der Waals surface area contributed by atoms with Crippen molar-refractivity contribution in [1.82, 2.24) is 0 Å². The first-order valence-corrected chi connectivity index (χ1v) is 53.3. The molecule has 0 nitrogen and oxygen atoms in total. The molecule has 0 heterocycles. The summed E-state index contributed by atoms with van der Waals surface area (Å²) in [4.78, 5) is 0. The van der Waals surface area contributed by atoms with Crippen LogP contribution in [0.4, 0.5) is 0 Å². The topological polar surface area (TPSA) is 0 Å². The predicted octanol–water partition coefficient (Wildman–Crippen LogP) is 39.7. The van der Waals surface area contributed by atoms with E-state index in [9.17, 15) is 0 Å². The predicted molar refractivity (Wildman–Crippen MR) is 552 cm³/mol. The largest absolute Gasteiger partial charge is 0.0654 e. The van der Waals surface area contributed by atoms with Gasteiger partial charge in [0.2, 0.25) is 0 Å². The summed E-state index contributed by atoms with van der Waals surface area (Å²) in [5.41, 5.74) is 43.4. The summed E-state index contributed by atoms with van der Waals surface area (Å²) in [5.74, 6) is 0. The van der Waals surface area contributed by atoms with E-state index in [2.05, 4.69) is 264 Å². The number of hydrogen-bond acceptors (Lipinski definition) is 0. The third-order valence-electron chi connectivity index (χ3n) is 32.8. The zero-order chi connectivity index (χ0) is 87.5. The lowest BCUT2D eigenvalue weighted by Crippen LogP contribution is -2.26. The van der Waals surface area contributed by atoms with Crippen molar-refractivity contribution < 1.29 is 0 Å². The van der Waals surface area contributed by atoms with E-state index in [1.165, 1.54) is 427 Å². The number of rotatable bonds is 54. The van der Waals surface area contributed by atoms with Gasteiger partial charge < -0.3 is 0 Å². The van der Waals surface area contributed by atoms with Gasteiger partial charge in [0.15, 0.2) is 0 Å². The molecule has 126 heavy (non-hydrogen) atoms. The molecule has 0 bridgehead atoms. The van der Waals surface area contributed by atoms with Gasteiger partial charge in [0.1, 0.15) is 0 Å². The van der Waals surface area contributed by atoms with Gasteiger partial charge in [0, 0.05) is 27.1 Å².